The largest absolute Gasteiger partial charge is 0.365 e. The van der Waals surface area contributed by atoms with Gasteiger partial charge in [0, 0.05) is 13.0 Å². The molecule has 0 saturated carbocycles. The fraction of sp³-hybridized carbons (Fsp3) is 0.294. The Kier molecular flexibility index (Phi) is 4.15. The van der Waals surface area contributed by atoms with Crippen molar-refractivity contribution < 1.29 is 0 Å². The highest BCUT2D eigenvalue weighted by Crippen LogP contribution is 2.26. The molecule has 0 aliphatic heterocycles. The lowest BCUT2D eigenvalue weighted by molar-refractivity contribution is 0.623. The van der Waals surface area contributed by atoms with Crippen LogP contribution in [0.25, 0.3) is 10.2 Å². The summed E-state index contributed by atoms with van der Waals surface area (Å²) in [6.45, 7) is 5.17. The minimum Gasteiger partial charge on any atom is -0.365 e. The molecule has 3 nitrogen and oxygen atoms in total. The zero-order chi connectivity index (χ0) is 14.7. The van der Waals surface area contributed by atoms with E-state index in [9.17, 15) is 0 Å². The molecule has 2 aromatic heterocycles. The Bertz CT molecular complexity index is 719. The van der Waals surface area contributed by atoms with Gasteiger partial charge in [0.25, 0.3) is 0 Å². The van der Waals surface area contributed by atoms with E-state index in [0.717, 1.165) is 34.8 Å². The predicted molar refractivity (Wildman–Crippen MR) is 89.7 cm³/mol. The molecule has 0 spiro atoms. The van der Waals surface area contributed by atoms with Crippen molar-refractivity contribution in [2.24, 2.45) is 5.92 Å². The van der Waals surface area contributed by atoms with Crippen LogP contribution >= 0.6 is 11.3 Å². The van der Waals surface area contributed by atoms with Gasteiger partial charge in [0.05, 0.1) is 5.39 Å². The highest BCUT2D eigenvalue weighted by Gasteiger charge is 2.10. The minimum atomic E-state index is 0.560. The summed E-state index contributed by atoms with van der Waals surface area (Å²) in [7, 11) is 0. The lowest BCUT2D eigenvalue weighted by atomic mass is 10.1. The SMILES string of the molecule is CC(C)Cc1nc(NCc2ccccc2)c2ccsc2n1. The molecule has 1 aromatic carbocycles. The van der Waals surface area contributed by atoms with Gasteiger partial charge in [0.2, 0.25) is 0 Å². The summed E-state index contributed by atoms with van der Waals surface area (Å²) < 4.78 is 0. The van der Waals surface area contributed by atoms with E-state index >= 15 is 0 Å². The average Bonchev–Trinajstić information content (AvgIpc) is 2.93. The summed E-state index contributed by atoms with van der Waals surface area (Å²) in [6, 6.07) is 12.5. The van der Waals surface area contributed by atoms with E-state index in [2.05, 4.69) is 59.9 Å². The van der Waals surface area contributed by atoms with Gasteiger partial charge >= 0.3 is 0 Å². The lowest BCUT2D eigenvalue weighted by Crippen LogP contribution is -2.06. The van der Waals surface area contributed by atoms with Crippen LogP contribution in [0.1, 0.15) is 25.2 Å². The van der Waals surface area contributed by atoms with Crippen LogP contribution in [0.5, 0.6) is 0 Å². The van der Waals surface area contributed by atoms with E-state index in [4.69, 9.17) is 4.98 Å². The number of hydrogen-bond donors (Lipinski definition) is 1. The van der Waals surface area contributed by atoms with Gasteiger partial charge in [0.15, 0.2) is 0 Å². The first-order chi connectivity index (χ1) is 10.2. The van der Waals surface area contributed by atoms with Gasteiger partial charge in [-0.15, -0.1) is 11.3 Å². The minimum absolute atomic E-state index is 0.560. The number of aromatic nitrogens is 2. The second-order valence-corrected chi connectivity index (χ2v) is 6.46. The molecular weight excluding hydrogens is 278 g/mol. The maximum atomic E-state index is 4.71. The molecule has 0 amide bonds. The summed E-state index contributed by atoms with van der Waals surface area (Å²) in [4.78, 5) is 10.4. The molecule has 4 heteroatoms. The number of nitrogens with one attached hydrogen (secondary N) is 1. The van der Waals surface area contributed by atoms with Crippen LogP contribution < -0.4 is 5.32 Å². The lowest BCUT2D eigenvalue weighted by Gasteiger charge is -2.10. The number of rotatable bonds is 5. The Morgan fingerprint density at radius 2 is 1.90 bits per heavy atom. The van der Waals surface area contributed by atoms with Crippen LogP contribution in [0, 0.1) is 5.92 Å². The Hall–Kier alpha value is -1.94. The number of hydrogen-bond acceptors (Lipinski definition) is 4. The Labute approximate surface area is 129 Å². The molecule has 108 valence electrons. The molecule has 3 aromatic rings. The Balaban J connectivity index is 1.87. The fourth-order valence-corrected chi connectivity index (χ4v) is 3.06. The van der Waals surface area contributed by atoms with Gasteiger partial charge in [0.1, 0.15) is 16.5 Å². The molecule has 0 fully saturated rings. The third kappa shape index (κ3) is 3.39. The first kappa shape index (κ1) is 14.0. The predicted octanol–water partition coefficient (Wildman–Crippen LogP) is 4.50. The maximum Gasteiger partial charge on any atom is 0.138 e. The third-order valence-corrected chi connectivity index (χ3v) is 4.07. The van der Waals surface area contributed by atoms with Gasteiger partial charge in [-0.3, -0.25) is 0 Å². The molecule has 3 rings (SSSR count). The molecule has 0 aliphatic rings. The second kappa shape index (κ2) is 6.22. The van der Waals surface area contributed by atoms with E-state index in [0.29, 0.717) is 5.92 Å². The number of anilines is 1. The summed E-state index contributed by atoms with van der Waals surface area (Å²) >= 11 is 1.67. The van der Waals surface area contributed by atoms with Crippen LogP contribution in [0.2, 0.25) is 0 Å². The zero-order valence-electron chi connectivity index (χ0n) is 12.3. The first-order valence-corrected chi connectivity index (χ1v) is 8.12. The number of nitrogens with zero attached hydrogens (tertiary/aromatic N) is 2. The van der Waals surface area contributed by atoms with Gasteiger partial charge in [-0.2, -0.15) is 0 Å². The van der Waals surface area contributed by atoms with Crippen molar-refractivity contribution >= 4 is 27.4 Å². The van der Waals surface area contributed by atoms with Crippen molar-refractivity contribution in [3.63, 3.8) is 0 Å². The Morgan fingerprint density at radius 1 is 1.10 bits per heavy atom. The molecule has 0 radical (unpaired) electrons. The number of fused-ring (bicyclic) bond motifs is 1. The van der Waals surface area contributed by atoms with Crippen molar-refractivity contribution in [1.29, 1.82) is 0 Å². The van der Waals surface area contributed by atoms with Crippen molar-refractivity contribution in [1.82, 2.24) is 9.97 Å². The maximum absolute atomic E-state index is 4.71. The van der Waals surface area contributed by atoms with Crippen molar-refractivity contribution in [2.45, 2.75) is 26.8 Å². The van der Waals surface area contributed by atoms with Crippen LogP contribution in [-0.2, 0) is 13.0 Å². The standard InChI is InChI=1S/C17H19N3S/c1-12(2)10-15-19-16(14-8-9-21-17(14)20-15)18-11-13-6-4-3-5-7-13/h3-9,12H,10-11H2,1-2H3,(H,18,19,20). The smallest absolute Gasteiger partial charge is 0.138 e. The number of benzene rings is 1. The monoisotopic (exact) mass is 297 g/mol. The molecule has 0 saturated heterocycles. The van der Waals surface area contributed by atoms with Crippen molar-refractivity contribution in [3.8, 4) is 0 Å². The van der Waals surface area contributed by atoms with Crippen LogP contribution in [0.3, 0.4) is 0 Å². The van der Waals surface area contributed by atoms with E-state index in [-0.39, 0.29) is 0 Å². The summed E-state index contributed by atoms with van der Waals surface area (Å²) in [6.07, 6.45) is 0.911. The molecule has 0 atom stereocenters. The summed E-state index contributed by atoms with van der Waals surface area (Å²) in [5.74, 6) is 2.43. The first-order valence-electron chi connectivity index (χ1n) is 7.24. The molecule has 0 unspecified atom stereocenters. The molecule has 1 N–H and O–H groups in total. The van der Waals surface area contributed by atoms with Crippen LogP contribution in [0.4, 0.5) is 5.82 Å². The fourth-order valence-electron chi connectivity index (χ4n) is 2.27. The normalized spacial score (nSPS) is 11.2. The van der Waals surface area contributed by atoms with Gasteiger partial charge < -0.3 is 5.32 Å². The number of thiophene rings is 1. The zero-order valence-corrected chi connectivity index (χ0v) is 13.2. The van der Waals surface area contributed by atoms with Gasteiger partial charge in [-0.25, -0.2) is 9.97 Å². The van der Waals surface area contributed by atoms with E-state index in [1.165, 1.54) is 5.56 Å². The topological polar surface area (TPSA) is 37.8 Å². The van der Waals surface area contributed by atoms with Gasteiger partial charge in [-0.05, 0) is 22.9 Å². The van der Waals surface area contributed by atoms with Crippen LogP contribution in [-0.4, -0.2) is 9.97 Å². The molecular formula is C17H19N3S. The van der Waals surface area contributed by atoms with E-state index in [1.54, 1.807) is 11.3 Å². The highest BCUT2D eigenvalue weighted by molar-refractivity contribution is 7.16. The summed E-state index contributed by atoms with van der Waals surface area (Å²) in [5, 5.41) is 6.65. The average molecular weight is 297 g/mol. The Morgan fingerprint density at radius 3 is 2.67 bits per heavy atom. The molecule has 0 bridgehead atoms. The third-order valence-electron chi connectivity index (χ3n) is 3.26. The van der Waals surface area contributed by atoms with Crippen molar-refractivity contribution in [2.75, 3.05) is 5.32 Å². The second-order valence-electron chi connectivity index (χ2n) is 5.56. The molecule has 0 aliphatic carbocycles. The molecule has 2 heterocycles. The van der Waals surface area contributed by atoms with E-state index < -0.39 is 0 Å². The van der Waals surface area contributed by atoms with Crippen molar-refractivity contribution in [3.05, 3.63) is 53.2 Å². The van der Waals surface area contributed by atoms with E-state index in [1.807, 2.05) is 6.07 Å². The molecule has 21 heavy (non-hydrogen) atoms. The van der Waals surface area contributed by atoms with Gasteiger partial charge in [-0.1, -0.05) is 44.2 Å². The summed E-state index contributed by atoms with van der Waals surface area (Å²) in [5.41, 5.74) is 1.25. The quantitative estimate of drug-likeness (QED) is 0.753. The highest BCUT2D eigenvalue weighted by atomic mass is 32.1. The van der Waals surface area contributed by atoms with Crippen LogP contribution in [0.15, 0.2) is 41.8 Å².